The van der Waals surface area contributed by atoms with Gasteiger partial charge in [-0.3, -0.25) is 4.79 Å². The number of aliphatic hydroxyl groups is 1. The molecule has 164 valence electrons. The van der Waals surface area contributed by atoms with E-state index in [-0.39, 0.29) is 24.5 Å². The summed E-state index contributed by atoms with van der Waals surface area (Å²) in [4.78, 5) is 12.2. The van der Waals surface area contributed by atoms with Crippen LogP contribution in [0.1, 0.15) is 16.1 Å². The first-order valence-electron chi connectivity index (χ1n) is 8.91. The van der Waals surface area contributed by atoms with Gasteiger partial charge in [0.25, 0.3) is 5.91 Å². The summed E-state index contributed by atoms with van der Waals surface area (Å²) in [5.41, 5.74) is -0.499. The number of carbonyl (C=O) groups excluding carboxylic acids is 1. The van der Waals surface area contributed by atoms with Crippen LogP contribution < -0.4 is 10.1 Å². The number of aliphatic hydroxyl groups excluding tert-OH is 1. The van der Waals surface area contributed by atoms with Crippen molar-refractivity contribution in [1.82, 2.24) is 15.1 Å². The van der Waals surface area contributed by atoms with Crippen molar-refractivity contribution in [2.24, 2.45) is 0 Å². The van der Waals surface area contributed by atoms with E-state index in [0.717, 1.165) is 29.1 Å². The van der Waals surface area contributed by atoms with Gasteiger partial charge in [-0.1, -0.05) is 0 Å². The van der Waals surface area contributed by atoms with Crippen LogP contribution in [-0.2, 0) is 6.18 Å². The Bertz CT molecular complexity index is 1050. The lowest BCUT2D eigenvalue weighted by Gasteiger charge is -2.13. The van der Waals surface area contributed by atoms with E-state index in [1.54, 1.807) is 0 Å². The molecular weight excluding hydrogens is 425 g/mol. The topological polar surface area (TPSA) is 76.4 Å². The van der Waals surface area contributed by atoms with Gasteiger partial charge >= 0.3 is 6.18 Å². The number of carbonyl (C=O) groups is 1. The Kier molecular flexibility index (Phi) is 6.54. The van der Waals surface area contributed by atoms with E-state index in [1.807, 2.05) is 0 Å². The second-order valence-corrected chi connectivity index (χ2v) is 6.44. The molecule has 1 heterocycles. The Hall–Kier alpha value is -3.47. The van der Waals surface area contributed by atoms with Gasteiger partial charge in [0.1, 0.15) is 18.5 Å². The summed E-state index contributed by atoms with van der Waals surface area (Å²) in [6, 6.07) is 9.38. The fraction of sp³-hybridized carbons (Fsp3) is 0.200. The number of nitrogens with zero attached hydrogens (tertiary/aromatic N) is 2. The maximum Gasteiger partial charge on any atom is 0.435 e. The van der Waals surface area contributed by atoms with Gasteiger partial charge in [-0.2, -0.15) is 18.3 Å². The molecule has 2 N–H and O–H groups in total. The highest BCUT2D eigenvalue weighted by Crippen LogP contribution is 2.27. The second kappa shape index (κ2) is 9.13. The molecule has 0 bridgehead atoms. The quantitative estimate of drug-likeness (QED) is 0.552. The van der Waals surface area contributed by atoms with Gasteiger partial charge in [0.15, 0.2) is 17.3 Å². The third kappa shape index (κ3) is 5.79. The number of hydrogen-bond acceptors (Lipinski definition) is 4. The molecule has 3 rings (SSSR count). The zero-order chi connectivity index (χ0) is 22.6. The summed E-state index contributed by atoms with van der Waals surface area (Å²) in [6.07, 6.45) is -4.52. The van der Waals surface area contributed by atoms with Crippen molar-refractivity contribution in [1.29, 1.82) is 0 Å². The van der Waals surface area contributed by atoms with Gasteiger partial charge in [0.05, 0.1) is 5.69 Å². The van der Waals surface area contributed by atoms with E-state index in [0.29, 0.717) is 5.69 Å². The normalized spacial score (nSPS) is 12.5. The fourth-order valence-corrected chi connectivity index (χ4v) is 2.52. The molecule has 6 nitrogen and oxygen atoms in total. The van der Waals surface area contributed by atoms with Crippen LogP contribution in [0.2, 0.25) is 0 Å². The maximum atomic E-state index is 13.1. The minimum absolute atomic E-state index is 0.0205. The Morgan fingerprint density at radius 2 is 1.81 bits per heavy atom. The molecule has 1 aromatic heterocycles. The molecule has 1 amide bonds. The maximum absolute atomic E-state index is 13.1. The highest BCUT2D eigenvalue weighted by atomic mass is 19.4. The summed E-state index contributed by atoms with van der Waals surface area (Å²) in [5, 5.41) is 15.8. The van der Waals surface area contributed by atoms with Gasteiger partial charge in [-0.25, -0.2) is 13.5 Å². The van der Waals surface area contributed by atoms with Crippen molar-refractivity contribution < 1.29 is 36.6 Å². The molecule has 31 heavy (non-hydrogen) atoms. The molecule has 0 aliphatic rings. The summed E-state index contributed by atoms with van der Waals surface area (Å²) in [6.45, 7) is -0.455. The number of amides is 1. The average Bonchev–Trinajstić information content (AvgIpc) is 3.24. The lowest BCUT2D eigenvalue weighted by molar-refractivity contribution is -0.141. The average molecular weight is 441 g/mol. The number of aromatic nitrogens is 2. The molecule has 0 aliphatic carbocycles. The molecule has 3 aromatic rings. The van der Waals surface area contributed by atoms with E-state index >= 15 is 0 Å². The van der Waals surface area contributed by atoms with E-state index in [9.17, 15) is 31.9 Å². The van der Waals surface area contributed by atoms with Crippen LogP contribution in [0.4, 0.5) is 22.0 Å². The summed E-state index contributed by atoms with van der Waals surface area (Å²) < 4.78 is 70.0. The van der Waals surface area contributed by atoms with E-state index in [2.05, 4.69) is 10.4 Å². The molecular formula is C20H16F5N3O3. The Labute approximate surface area is 172 Å². The summed E-state index contributed by atoms with van der Waals surface area (Å²) in [5.74, 6) is -2.63. The SMILES string of the molecule is O=C(NCC(O)COc1ccc(F)c(F)c1)c1ccc(-n2ccc(C(F)(F)F)n2)cc1. The number of ether oxygens (including phenoxy) is 1. The lowest BCUT2D eigenvalue weighted by atomic mass is 10.2. The highest BCUT2D eigenvalue weighted by Gasteiger charge is 2.33. The van der Waals surface area contributed by atoms with Crippen molar-refractivity contribution in [3.05, 3.63) is 77.6 Å². The largest absolute Gasteiger partial charge is 0.491 e. The molecule has 1 unspecified atom stereocenters. The van der Waals surface area contributed by atoms with Crippen molar-refractivity contribution in [2.45, 2.75) is 12.3 Å². The number of nitrogens with one attached hydrogen (secondary N) is 1. The number of alkyl halides is 3. The van der Waals surface area contributed by atoms with Gasteiger partial charge in [0, 0.05) is 24.4 Å². The third-order valence-electron chi connectivity index (χ3n) is 4.11. The predicted molar refractivity (Wildman–Crippen MR) is 98.8 cm³/mol. The van der Waals surface area contributed by atoms with Gasteiger partial charge in [-0.15, -0.1) is 0 Å². The first-order valence-corrected chi connectivity index (χ1v) is 8.91. The number of rotatable bonds is 7. The van der Waals surface area contributed by atoms with Gasteiger partial charge in [0.2, 0.25) is 0 Å². The molecule has 0 spiro atoms. The van der Waals surface area contributed by atoms with Crippen molar-refractivity contribution in [3.63, 3.8) is 0 Å². The molecule has 1 atom stereocenters. The van der Waals surface area contributed by atoms with Crippen molar-refractivity contribution >= 4 is 5.91 Å². The van der Waals surface area contributed by atoms with E-state index in [1.165, 1.54) is 30.3 Å². The van der Waals surface area contributed by atoms with Crippen LogP contribution in [0.15, 0.2) is 54.7 Å². The minimum atomic E-state index is -4.56. The zero-order valence-corrected chi connectivity index (χ0v) is 15.7. The van der Waals surface area contributed by atoms with Crippen LogP contribution in [0.3, 0.4) is 0 Å². The standard InChI is InChI=1S/C20H16F5N3O3/c21-16-6-5-15(9-17(16)22)31-11-14(29)10-26-19(30)12-1-3-13(4-2-12)28-8-7-18(27-28)20(23,24)25/h1-9,14,29H,10-11H2,(H,26,30). The zero-order valence-electron chi connectivity index (χ0n) is 15.7. The van der Waals surface area contributed by atoms with Crippen LogP contribution in [0, 0.1) is 11.6 Å². The Morgan fingerprint density at radius 3 is 2.42 bits per heavy atom. The van der Waals surface area contributed by atoms with Gasteiger partial charge < -0.3 is 15.2 Å². The molecule has 0 saturated carbocycles. The van der Waals surface area contributed by atoms with Gasteiger partial charge in [-0.05, 0) is 42.5 Å². The van der Waals surface area contributed by atoms with E-state index < -0.39 is 35.5 Å². The van der Waals surface area contributed by atoms with Crippen LogP contribution >= 0.6 is 0 Å². The Morgan fingerprint density at radius 1 is 1.10 bits per heavy atom. The lowest BCUT2D eigenvalue weighted by Crippen LogP contribution is -2.35. The smallest absolute Gasteiger partial charge is 0.435 e. The number of hydrogen-bond donors (Lipinski definition) is 2. The van der Waals surface area contributed by atoms with Crippen molar-refractivity contribution in [3.8, 4) is 11.4 Å². The summed E-state index contributed by atoms with van der Waals surface area (Å²) in [7, 11) is 0. The van der Waals surface area contributed by atoms with Crippen molar-refractivity contribution in [2.75, 3.05) is 13.2 Å². The number of halogens is 5. The monoisotopic (exact) mass is 441 g/mol. The summed E-state index contributed by atoms with van der Waals surface area (Å²) >= 11 is 0. The molecule has 0 saturated heterocycles. The molecule has 0 fully saturated rings. The van der Waals surface area contributed by atoms with E-state index in [4.69, 9.17) is 4.74 Å². The molecule has 0 radical (unpaired) electrons. The van der Waals surface area contributed by atoms with Crippen LogP contribution in [0.5, 0.6) is 5.75 Å². The highest BCUT2D eigenvalue weighted by molar-refractivity contribution is 5.94. The molecule has 0 aliphatic heterocycles. The minimum Gasteiger partial charge on any atom is -0.491 e. The van der Waals surface area contributed by atoms with Crippen LogP contribution in [0.25, 0.3) is 5.69 Å². The first kappa shape index (κ1) is 22.2. The second-order valence-electron chi connectivity index (χ2n) is 6.44. The van der Waals surface area contributed by atoms with Crippen LogP contribution in [-0.4, -0.2) is 40.0 Å². The Balaban J connectivity index is 1.51. The fourth-order valence-electron chi connectivity index (χ4n) is 2.52. The first-order chi connectivity index (χ1) is 14.6. The predicted octanol–water partition coefficient (Wildman–Crippen LogP) is 3.34. The number of benzene rings is 2. The third-order valence-corrected chi connectivity index (χ3v) is 4.11. The molecule has 11 heteroatoms. The molecule has 2 aromatic carbocycles.